The van der Waals surface area contributed by atoms with Gasteiger partial charge < -0.3 is 9.84 Å². The van der Waals surface area contributed by atoms with Crippen LogP contribution >= 0.6 is 11.6 Å². The van der Waals surface area contributed by atoms with Gasteiger partial charge in [-0.15, -0.1) is 0 Å². The Kier molecular flexibility index (Phi) is 4.07. The number of rotatable bonds is 3. The van der Waals surface area contributed by atoms with Crippen LogP contribution in [0, 0.1) is 6.92 Å². The lowest BCUT2D eigenvalue weighted by Crippen LogP contribution is -2.24. The van der Waals surface area contributed by atoms with E-state index in [4.69, 9.17) is 16.3 Å². The minimum atomic E-state index is -0.140. The first-order chi connectivity index (χ1) is 8.08. The molecule has 0 saturated heterocycles. The summed E-state index contributed by atoms with van der Waals surface area (Å²) in [5, 5.41) is 14.3. The summed E-state index contributed by atoms with van der Waals surface area (Å²) in [5.74, 6) is 0. The molecule has 0 spiro atoms. The molecule has 1 heterocycles. The summed E-state index contributed by atoms with van der Waals surface area (Å²) >= 11 is 6.14. The van der Waals surface area contributed by atoms with Crippen molar-refractivity contribution >= 4 is 11.6 Å². The predicted octanol–water partition coefficient (Wildman–Crippen LogP) is 2.20. The second-order valence-electron chi connectivity index (χ2n) is 4.72. The summed E-state index contributed by atoms with van der Waals surface area (Å²) in [7, 11) is 1.83. The first-order valence-corrected chi connectivity index (χ1v) is 6.43. The van der Waals surface area contributed by atoms with Gasteiger partial charge in [-0.05, 0) is 32.6 Å². The van der Waals surface area contributed by atoms with Crippen LogP contribution in [-0.4, -0.2) is 27.1 Å². The number of aromatic nitrogens is 2. The van der Waals surface area contributed by atoms with Crippen molar-refractivity contribution in [2.45, 2.75) is 51.4 Å². The van der Waals surface area contributed by atoms with E-state index in [0.29, 0.717) is 11.8 Å². The summed E-state index contributed by atoms with van der Waals surface area (Å²) in [6, 6.07) is 0. The average molecular weight is 259 g/mol. The Hall–Kier alpha value is -0.580. The highest BCUT2D eigenvalue weighted by atomic mass is 35.5. The van der Waals surface area contributed by atoms with Crippen LogP contribution in [0.1, 0.15) is 36.9 Å². The van der Waals surface area contributed by atoms with Crippen LogP contribution in [0.3, 0.4) is 0 Å². The zero-order valence-electron chi connectivity index (χ0n) is 10.3. The molecule has 4 nitrogen and oxygen atoms in total. The van der Waals surface area contributed by atoms with Gasteiger partial charge in [0.1, 0.15) is 5.15 Å². The molecule has 0 aromatic carbocycles. The second kappa shape index (κ2) is 5.38. The fourth-order valence-corrected chi connectivity index (χ4v) is 2.48. The van der Waals surface area contributed by atoms with Gasteiger partial charge in [0.25, 0.3) is 0 Å². The standard InChI is InChI=1S/C12H19ClN2O2/c1-8-11(12(13)15(2)14-8)7-17-10-5-3-9(16)4-6-10/h9-10,16H,3-7H2,1-2H3. The molecule has 1 aromatic rings. The molecule has 0 aliphatic heterocycles. The molecule has 0 radical (unpaired) electrons. The number of hydrogen-bond donors (Lipinski definition) is 1. The Morgan fingerprint density at radius 3 is 2.59 bits per heavy atom. The van der Waals surface area contributed by atoms with Gasteiger partial charge >= 0.3 is 0 Å². The van der Waals surface area contributed by atoms with Gasteiger partial charge in [-0.1, -0.05) is 11.6 Å². The smallest absolute Gasteiger partial charge is 0.132 e. The van der Waals surface area contributed by atoms with Gasteiger partial charge in [0.05, 0.1) is 24.5 Å². The molecule has 1 saturated carbocycles. The van der Waals surface area contributed by atoms with Crippen LogP contribution < -0.4 is 0 Å². The number of aliphatic hydroxyl groups is 1. The Labute approximate surface area is 107 Å². The van der Waals surface area contributed by atoms with Crippen molar-refractivity contribution < 1.29 is 9.84 Å². The molecule has 0 atom stereocenters. The van der Waals surface area contributed by atoms with Gasteiger partial charge in [0, 0.05) is 12.6 Å². The molecule has 0 unspecified atom stereocenters. The maximum atomic E-state index is 9.41. The minimum Gasteiger partial charge on any atom is -0.393 e. The summed E-state index contributed by atoms with van der Waals surface area (Å²) in [5.41, 5.74) is 1.90. The van der Waals surface area contributed by atoms with Gasteiger partial charge in [-0.3, -0.25) is 4.68 Å². The van der Waals surface area contributed by atoms with Crippen molar-refractivity contribution in [2.75, 3.05) is 0 Å². The fourth-order valence-electron chi connectivity index (χ4n) is 2.25. The van der Waals surface area contributed by atoms with E-state index >= 15 is 0 Å². The van der Waals surface area contributed by atoms with Gasteiger partial charge in [0.2, 0.25) is 0 Å². The molecule has 2 rings (SSSR count). The first-order valence-electron chi connectivity index (χ1n) is 6.05. The van der Waals surface area contributed by atoms with Crippen molar-refractivity contribution in [3.05, 3.63) is 16.4 Å². The van der Waals surface area contributed by atoms with Crippen LogP contribution in [0.4, 0.5) is 0 Å². The maximum absolute atomic E-state index is 9.41. The van der Waals surface area contributed by atoms with Crippen molar-refractivity contribution in [3.8, 4) is 0 Å². The Bertz CT molecular complexity index is 384. The highest BCUT2D eigenvalue weighted by Gasteiger charge is 2.21. The lowest BCUT2D eigenvalue weighted by molar-refractivity contribution is -0.0120. The SMILES string of the molecule is Cc1nn(C)c(Cl)c1COC1CCC(O)CC1. The number of nitrogens with zero attached hydrogens (tertiary/aromatic N) is 2. The zero-order chi connectivity index (χ0) is 12.4. The van der Waals surface area contributed by atoms with Crippen LogP contribution in [-0.2, 0) is 18.4 Å². The number of halogens is 1. The van der Waals surface area contributed by atoms with E-state index in [9.17, 15) is 5.11 Å². The molecule has 1 aliphatic carbocycles. The molecule has 17 heavy (non-hydrogen) atoms. The monoisotopic (exact) mass is 258 g/mol. The molecular weight excluding hydrogens is 240 g/mol. The van der Waals surface area contributed by atoms with Crippen LogP contribution in [0.5, 0.6) is 0 Å². The highest BCUT2D eigenvalue weighted by Crippen LogP contribution is 2.24. The lowest BCUT2D eigenvalue weighted by atomic mass is 9.95. The average Bonchev–Trinajstić information content (AvgIpc) is 2.54. The van der Waals surface area contributed by atoms with Crippen LogP contribution in [0.15, 0.2) is 0 Å². The van der Waals surface area contributed by atoms with Gasteiger partial charge in [-0.2, -0.15) is 5.10 Å². The first kappa shape index (κ1) is 12.9. The third-order valence-corrected chi connectivity index (χ3v) is 3.85. The van der Waals surface area contributed by atoms with E-state index in [1.165, 1.54) is 0 Å². The van der Waals surface area contributed by atoms with Gasteiger partial charge in [0.15, 0.2) is 0 Å². The maximum Gasteiger partial charge on any atom is 0.132 e. The minimum absolute atomic E-state index is 0.140. The summed E-state index contributed by atoms with van der Waals surface area (Å²) in [6.07, 6.45) is 3.64. The normalized spacial score (nSPS) is 25.2. The quantitative estimate of drug-likeness (QED) is 0.904. The number of aliphatic hydroxyl groups excluding tert-OH is 1. The van der Waals surface area contributed by atoms with E-state index < -0.39 is 0 Å². The third kappa shape index (κ3) is 3.00. The molecule has 1 aliphatic rings. The number of aryl methyl sites for hydroxylation is 2. The van der Waals surface area contributed by atoms with Crippen molar-refractivity contribution in [2.24, 2.45) is 7.05 Å². The second-order valence-corrected chi connectivity index (χ2v) is 5.08. The molecule has 5 heteroatoms. The van der Waals surface area contributed by atoms with E-state index in [1.807, 2.05) is 14.0 Å². The molecule has 1 fully saturated rings. The highest BCUT2D eigenvalue weighted by molar-refractivity contribution is 6.30. The molecule has 0 amide bonds. The predicted molar refractivity (Wildman–Crippen MR) is 66.0 cm³/mol. The van der Waals surface area contributed by atoms with Crippen molar-refractivity contribution in [1.82, 2.24) is 9.78 Å². The van der Waals surface area contributed by atoms with E-state index in [2.05, 4.69) is 5.10 Å². The number of ether oxygens (including phenoxy) is 1. The van der Waals surface area contributed by atoms with Crippen molar-refractivity contribution in [1.29, 1.82) is 0 Å². The van der Waals surface area contributed by atoms with E-state index in [1.54, 1.807) is 4.68 Å². The molecule has 1 aromatic heterocycles. The molecule has 0 bridgehead atoms. The Balaban J connectivity index is 1.89. The lowest BCUT2D eigenvalue weighted by Gasteiger charge is -2.25. The summed E-state index contributed by atoms with van der Waals surface area (Å²) in [6.45, 7) is 2.45. The summed E-state index contributed by atoms with van der Waals surface area (Å²) < 4.78 is 7.51. The van der Waals surface area contributed by atoms with Crippen LogP contribution in [0.2, 0.25) is 5.15 Å². The fraction of sp³-hybridized carbons (Fsp3) is 0.750. The molecule has 1 N–H and O–H groups in total. The Morgan fingerprint density at radius 2 is 2.06 bits per heavy atom. The summed E-state index contributed by atoms with van der Waals surface area (Å²) in [4.78, 5) is 0. The molecule has 96 valence electrons. The molecular formula is C12H19ClN2O2. The third-order valence-electron chi connectivity index (χ3n) is 3.38. The van der Waals surface area contributed by atoms with Crippen molar-refractivity contribution in [3.63, 3.8) is 0 Å². The number of hydrogen-bond acceptors (Lipinski definition) is 3. The van der Waals surface area contributed by atoms with E-state index in [-0.39, 0.29) is 12.2 Å². The zero-order valence-corrected chi connectivity index (χ0v) is 11.1. The largest absolute Gasteiger partial charge is 0.393 e. The van der Waals surface area contributed by atoms with Gasteiger partial charge in [-0.25, -0.2) is 0 Å². The Morgan fingerprint density at radius 1 is 1.41 bits per heavy atom. The van der Waals surface area contributed by atoms with Crippen LogP contribution in [0.25, 0.3) is 0 Å². The van der Waals surface area contributed by atoms with E-state index in [0.717, 1.165) is 36.9 Å². The topological polar surface area (TPSA) is 47.3 Å².